The smallest absolute Gasteiger partial charge is 0.416 e. The van der Waals surface area contributed by atoms with Gasteiger partial charge in [0.1, 0.15) is 0 Å². The average molecular weight is 916 g/mol. The maximum absolute atomic E-state index is 13.4. The van der Waals surface area contributed by atoms with Gasteiger partial charge >= 0.3 is 30.3 Å². The Morgan fingerprint density at radius 1 is 0.500 bits per heavy atom. The van der Waals surface area contributed by atoms with Crippen LogP contribution in [0.15, 0.2) is 18.2 Å². The average Bonchev–Trinajstić information content (AvgIpc) is 3.16. The van der Waals surface area contributed by atoms with Gasteiger partial charge in [-0.05, 0) is 43.1 Å². The largest absolute Gasteiger partial charge is 0.480 e. The van der Waals surface area contributed by atoms with Crippen molar-refractivity contribution in [2.24, 2.45) is 17.2 Å². The van der Waals surface area contributed by atoms with E-state index >= 15 is 0 Å². The van der Waals surface area contributed by atoms with E-state index in [2.05, 4.69) is 17.2 Å². The number of benzene rings is 1. The SMILES string of the molecule is NC(=O)C(O)CO.NC(=O)C(O)CO.NC(=O)C(O)CO.O=C(O)CN1CCCN(CC(=O)O)CCN(Cc2cc(C(F)(F)F)cc(C(F)(F)F)c2)CCCN(CC(=O)O)CC1. The van der Waals surface area contributed by atoms with Gasteiger partial charge in [-0.3, -0.25) is 48.4 Å². The van der Waals surface area contributed by atoms with Crippen LogP contribution in [-0.2, 0) is 47.7 Å². The molecular formula is C34H55F6N7O15. The summed E-state index contributed by atoms with van der Waals surface area (Å²) >= 11 is 0. The van der Waals surface area contributed by atoms with Gasteiger partial charge in [-0.25, -0.2) is 0 Å². The molecule has 358 valence electrons. The molecule has 1 saturated heterocycles. The van der Waals surface area contributed by atoms with Gasteiger partial charge in [-0.2, -0.15) is 26.3 Å². The molecule has 3 unspecified atom stereocenters. The van der Waals surface area contributed by atoms with Crippen molar-refractivity contribution >= 4 is 35.6 Å². The maximum Gasteiger partial charge on any atom is 0.416 e. The molecule has 0 aliphatic carbocycles. The molecule has 22 nitrogen and oxygen atoms in total. The Bertz CT molecular complexity index is 1470. The van der Waals surface area contributed by atoms with Gasteiger partial charge in [0.25, 0.3) is 0 Å². The highest BCUT2D eigenvalue weighted by molar-refractivity contribution is 5.79. The van der Waals surface area contributed by atoms with Crippen molar-refractivity contribution in [3.05, 3.63) is 34.9 Å². The third-order valence-corrected chi connectivity index (χ3v) is 8.00. The van der Waals surface area contributed by atoms with Gasteiger partial charge in [0, 0.05) is 52.4 Å². The number of rotatable bonds is 14. The Kier molecular flexibility index (Phi) is 29.0. The van der Waals surface area contributed by atoms with Crippen LogP contribution in [0.1, 0.15) is 29.5 Å². The van der Waals surface area contributed by atoms with Crippen molar-refractivity contribution in [3.8, 4) is 0 Å². The first-order valence-corrected chi connectivity index (χ1v) is 18.2. The number of nitrogens with two attached hydrogens (primary N) is 3. The van der Waals surface area contributed by atoms with Gasteiger partial charge in [-0.1, -0.05) is 0 Å². The van der Waals surface area contributed by atoms with Crippen molar-refractivity contribution in [1.82, 2.24) is 19.6 Å². The fraction of sp³-hybridized carbons (Fsp3) is 0.647. The first kappa shape index (κ1) is 59.3. The lowest BCUT2D eigenvalue weighted by Crippen LogP contribution is -2.44. The number of aliphatic carboxylic acids is 3. The Hall–Kier alpha value is -4.78. The highest BCUT2D eigenvalue weighted by Gasteiger charge is 2.37. The molecule has 28 heteroatoms. The summed E-state index contributed by atoms with van der Waals surface area (Å²) in [7, 11) is 0. The number of primary amides is 3. The van der Waals surface area contributed by atoms with Gasteiger partial charge in [0.05, 0.1) is 50.6 Å². The van der Waals surface area contributed by atoms with E-state index in [1.807, 2.05) is 0 Å². The minimum atomic E-state index is -5.00. The monoisotopic (exact) mass is 915 g/mol. The van der Waals surface area contributed by atoms with Crippen molar-refractivity contribution in [2.45, 2.75) is 50.1 Å². The summed E-state index contributed by atoms with van der Waals surface area (Å²) in [6, 6.07) is 1.37. The molecule has 1 heterocycles. The van der Waals surface area contributed by atoms with E-state index < -0.39 is 97.2 Å². The molecule has 1 aliphatic heterocycles. The Balaban J connectivity index is 0. The number of amides is 3. The molecule has 0 aromatic heterocycles. The molecular weight excluding hydrogens is 860 g/mol. The molecule has 3 atom stereocenters. The second kappa shape index (κ2) is 30.3. The van der Waals surface area contributed by atoms with Gasteiger partial charge in [0.15, 0.2) is 18.3 Å². The number of aliphatic hydroxyl groups excluding tert-OH is 6. The zero-order chi connectivity index (χ0) is 48.4. The van der Waals surface area contributed by atoms with Crippen molar-refractivity contribution in [3.63, 3.8) is 0 Å². The number of carbonyl (C=O) groups is 6. The maximum atomic E-state index is 13.4. The molecule has 0 bridgehead atoms. The first-order chi connectivity index (χ1) is 28.6. The number of alkyl halides is 6. The summed E-state index contributed by atoms with van der Waals surface area (Å²) in [6.07, 6.45) is -13.5. The zero-order valence-electron chi connectivity index (χ0n) is 33.2. The van der Waals surface area contributed by atoms with Crippen LogP contribution in [0, 0.1) is 0 Å². The molecule has 1 aromatic rings. The van der Waals surface area contributed by atoms with Gasteiger partial charge in [-0.15, -0.1) is 0 Å². The molecule has 1 aromatic carbocycles. The van der Waals surface area contributed by atoms with Gasteiger partial charge in [0.2, 0.25) is 17.7 Å². The predicted octanol–water partition coefficient (Wildman–Crippen LogP) is -4.05. The fourth-order valence-electron chi connectivity index (χ4n) is 4.89. The third-order valence-electron chi connectivity index (χ3n) is 8.00. The lowest BCUT2D eigenvalue weighted by Gasteiger charge is -2.31. The number of carboxylic acid groups (broad SMARTS) is 3. The van der Waals surface area contributed by atoms with E-state index in [1.54, 1.807) is 19.6 Å². The molecule has 0 saturated carbocycles. The second-order valence-corrected chi connectivity index (χ2v) is 13.2. The van der Waals surface area contributed by atoms with E-state index in [-0.39, 0.29) is 90.2 Å². The number of hydrogen-bond acceptors (Lipinski definition) is 16. The third kappa shape index (κ3) is 28.7. The normalized spacial score (nSPS) is 16.8. The lowest BCUT2D eigenvalue weighted by molar-refractivity contribution is -0.143. The molecule has 1 aliphatic rings. The van der Waals surface area contributed by atoms with Crippen molar-refractivity contribution in [1.29, 1.82) is 0 Å². The van der Waals surface area contributed by atoms with E-state index in [1.165, 1.54) is 0 Å². The van der Waals surface area contributed by atoms with Crippen LogP contribution < -0.4 is 17.2 Å². The summed E-state index contributed by atoms with van der Waals surface area (Å²) in [4.78, 5) is 69.7. The number of carbonyl (C=O) groups excluding carboxylic acids is 3. The second-order valence-electron chi connectivity index (χ2n) is 13.2. The number of hydrogen-bond donors (Lipinski definition) is 12. The van der Waals surface area contributed by atoms with Crippen LogP contribution in [0.25, 0.3) is 0 Å². The summed E-state index contributed by atoms with van der Waals surface area (Å²) in [5, 5.41) is 76.3. The van der Waals surface area contributed by atoms with E-state index in [9.17, 15) is 70.4 Å². The van der Waals surface area contributed by atoms with Crippen LogP contribution in [0.5, 0.6) is 0 Å². The number of halogens is 6. The van der Waals surface area contributed by atoms with E-state index in [0.717, 1.165) is 0 Å². The number of carboxylic acids is 3. The van der Waals surface area contributed by atoms with Crippen LogP contribution in [0.2, 0.25) is 0 Å². The minimum absolute atomic E-state index is 0.0539. The van der Waals surface area contributed by atoms with E-state index in [0.29, 0.717) is 25.0 Å². The van der Waals surface area contributed by atoms with Gasteiger partial charge < -0.3 is 63.2 Å². The minimum Gasteiger partial charge on any atom is -0.480 e. The molecule has 0 spiro atoms. The fourth-order valence-corrected chi connectivity index (χ4v) is 4.89. The molecule has 3 amide bonds. The Morgan fingerprint density at radius 3 is 0.968 bits per heavy atom. The van der Waals surface area contributed by atoms with Crippen LogP contribution in [0.3, 0.4) is 0 Å². The van der Waals surface area contributed by atoms with Crippen LogP contribution in [-0.4, -0.2) is 211 Å². The lowest BCUT2D eigenvalue weighted by atomic mass is 10.0. The van der Waals surface area contributed by atoms with Crippen molar-refractivity contribution in [2.75, 3.05) is 91.8 Å². The van der Waals surface area contributed by atoms with Crippen LogP contribution in [0.4, 0.5) is 26.3 Å². The Morgan fingerprint density at radius 2 is 0.758 bits per heavy atom. The molecule has 0 radical (unpaired) electrons. The highest BCUT2D eigenvalue weighted by Crippen LogP contribution is 2.36. The summed E-state index contributed by atoms with van der Waals surface area (Å²) < 4.78 is 80.2. The quantitative estimate of drug-likeness (QED) is 0.0790. The summed E-state index contributed by atoms with van der Waals surface area (Å²) in [6.45, 7) is -1.45. The summed E-state index contributed by atoms with van der Waals surface area (Å²) in [5.41, 5.74) is 10.4. The van der Waals surface area contributed by atoms with Crippen LogP contribution >= 0.6 is 0 Å². The molecule has 1 fully saturated rings. The number of aliphatic hydroxyl groups is 6. The van der Waals surface area contributed by atoms with E-state index in [4.69, 9.17) is 30.6 Å². The standard InChI is InChI=1S/C25H34F6N4O6.3C3H7NO3/c26-24(27,28)19-11-18(12-20(13-19)25(29,30)31)14-32-3-1-4-34(16-22(38)39)9-10-35(17-23(40)41)6-2-5-33(8-7-32)15-21(36)37;3*4-3(7)2(6)1-5/h11-13H,1-10,14-17H2,(H,36,37)(H,38,39)(H,40,41);3*2,5-6H,1H2,(H2,4,7). The highest BCUT2D eigenvalue weighted by atomic mass is 19.4. The predicted molar refractivity (Wildman–Crippen MR) is 200 cm³/mol. The Labute approximate surface area is 350 Å². The molecule has 62 heavy (non-hydrogen) atoms. The number of nitrogens with zero attached hydrogens (tertiary/aromatic N) is 4. The molecule has 15 N–H and O–H groups in total. The molecule has 2 rings (SSSR count). The van der Waals surface area contributed by atoms with Crippen molar-refractivity contribution < 1.29 is 101 Å². The topological polar surface area (TPSA) is 376 Å². The first-order valence-electron chi connectivity index (χ1n) is 18.2. The zero-order valence-corrected chi connectivity index (χ0v) is 33.2. The summed E-state index contributed by atoms with van der Waals surface area (Å²) in [5.74, 6) is -6.01.